The predicted molar refractivity (Wildman–Crippen MR) is 392 cm³/mol. The standard InChI is InChI=1S/C74H92N10O16S3/c1-7-70(96)35-42-36-73(68(94)99-6,60-48(22-27-83(38-42)41-70)47-20-13-14-21-52(47)77-60)51-32-50-56(34-57(51)98-5)82(4)65-72(50)25-28-84-26-15-24-71(8-2,64(72)84)66(92)74(65,97)67(93)80-81-69(95)100-29-31-102-103-40-55(63(90)91)79-62(89)54(78-61(88)53(75-3)33-59(86)87)37-76-58(85)23-30-101-39-49-45-18-11-9-16-43(45)44-17-10-12-19-46(44)49/h9-21,24,32,34,42,49,53-55,64-66,75,77,92,96-97H,7-8,22-23,25-31,33,35-41H2,1-6H3,(H,76,85)(H,78,88)(H,79,89)(H,80,93)(H,81,95)(H,86,87)(H,90,91)/t42-,53+,54+,55+,64+,65-,66-,70+,71-,72-,73+,74+/m1/s1. The van der Waals surface area contributed by atoms with Gasteiger partial charge in [0.15, 0.2) is 5.60 Å². The topological polar surface area (TPSA) is 363 Å². The number of H-pyrrole nitrogens is 1. The number of likely N-dealkylation sites (N-methyl/N-ethyl adjacent to an activating group) is 2. The summed E-state index contributed by atoms with van der Waals surface area (Å²) in [4.78, 5) is 119. The van der Waals surface area contributed by atoms with E-state index < -0.39 is 124 Å². The Labute approximate surface area is 609 Å². The maximum absolute atomic E-state index is 15.6. The molecule has 4 aromatic carbocycles. The van der Waals surface area contributed by atoms with E-state index in [1.165, 1.54) is 43.5 Å². The number of hydrogen-bond donors (Lipinski definition) is 12. The minimum absolute atomic E-state index is 0.0653. The number of hydrogen-bond acceptors (Lipinski definition) is 21. The molecule has 6 heterocycles. The third-order valence-corrected chi connectivity index (χ3v) is 26.2. The van der Waals surface area contributed by atoms with E-state index in [0.717, 1.165) is 43.6 Å². The Kier molecular flexibility index (Phi) is 22.3. The van der Waals surface area contributed by atoms with Crippen molar-refractivity contribution < 1.29 is 78.1 Å². The molecule has 1 spiro atoms. The van der Waals surface area contributed by atoms with Gasteiger partial charge in [-0.3, -0.25) is 44.0 Å². The molecule has 12 rings (SSSR count). The predicted octanol–water partition coefficient (Wildman–Crippen LogP) is 4.55. The lowest BCUT2D eigenvalue weighted by Crippen LogP contribution is -2.82. The van der Waals surface area contributed by atoms with Crippen LogP contribution in [-0.4, -0.2) is 233 Å². The molecule has 13 atom stereocenters. The van der Waals surface area contributed by atoms with Gasteiger partial charge in [0.1, 0.15) is 36.0 Å². The highest BCUT2D eigenvalue weighted by molar-refractivity contribution is 8.76. The summed E-state index contributed by atoms with van der Waals surface area (Å²) in [6.45, 7) is 5.97. The van der Waals surface area contributed by atoms with Crippen molar-refractivity contribution in [2.45, 2.75) is 129 Å². The summed E-state index contributed by atoms with van der Waals surface area (Å²) in [5.41, 5.74) is 6.11. The number of esters is 1. The first kappa shape index (κ1) is 74.8. The Bertz CT molecular complexity index is 4080. The van der Waals surface area contributed by atoms with Gasteiger partial charge in [-0.25, -0.2) is 15.0 Å². The SMILES string of the molecule is CC[C@]1(O)C[C@H]2CN(CCc3c([nH]c4ccccc34)[C@@](C(=O)OC)(c3cc4c(cc3OC)N(C)[C@H]3[C@@](O)(C(=O)NNC(=O)OCCSSC[C@H](NC(=O)[C@H](CNC(=O)CCSCC5c6ccccc6-c6ccccc65)NC(=O)[C@H](CC(=O)O)NC)C(=O)O)[C@H](O)[C@]5(CC)C=CCN6CC[C@]43[C@@H]65)C2)C1. The summed E-state index contributed by atoms with van der Waals surface area (Å²) < 4.78 is 17.8. The van der Waals surface area contributed by atoms with Crippen LogP contribution in [0.3, 0.4) is 0 Å². The molecule has 0 radical (unpaired) electrons. The molecule has 7 aliphatic rings. The number of hydrazine groups is 1. The molecule has 1 saturated carbocycles. The van der Waals surface area contributed by atoms with Crippen LogP contribution in [-0.2, 0) is 60.3 Å². The number of para-hydroxylation sites is 1. The van der Waals surface area contributed by atoms with Crippen molar-refractivity contribution in [1.82, 2.24) is 46.9 Å². The van der Waals surface area contributed by atoms with Gasteiger partial charge in [-0.05, 0) is 104 Å². The molecule has 12 N–H and O–H groups in total. The van der Waals surface area contributed by atoms with Gasteiger partial charge >= 0.3 is 24.0 Å². The number of nitrogens with zero attached hydrogens (tertiary/aromatic N) is 3. The number of aliphatic hydroxyl groups excluding tert-OH is 1. The summed E-state index contributed by atoms with van der Waals surface area (Å²) >= 11 is 1.59. The van der Waals surface area contributed by atoms with Crippen molar-refractivity contribution in [2.24, 2.45) is 11.3 Å². The highest BCUT2D eigenvalue weighted by Crippen LogP contribution is 2.68. The summed E-state index contributed by atoms with van der Waals surface area (Å²) in [5, 5.41) is 69.7. The largest absolute Gasteiger partial charge is 0.496 e. The fourth-order valence-electron chi connectivity index (χ4n) is 18.2. The van der Waals surface area contributed by atoms with Crippen LogP contribution in [0.25, 0.3) is 22.0 Å². The van der Waals surface area contributed by atoms with Crippen LogP contribution < -0.4 is 41.8 Å². The first-order valence-electron chi connectivity index (χ1n) is 35.1. The second kappa shape index (κ2) is 30.7. The van der Waals surface area contributed by atoms with Crippen molar-refractivity contribution in [3.8, 4) is 16.9 Å². The van der Waals surface area contributed by atoms with Gasteiger partial charge in [0.2, 0.25) is 17.7 Å². The highest BCUT2D eigenvalue weighted by atomic mass is 33.1. The minimum Gasteiger partial charge on any atom is -0.496 e. The van der Waals surface area contributed by atoms with E-state index in [1.807, 2.05) is 86.7 Å². The van der Waals surface area contributed by atoms with Gasteiger partial charge in [0.25, 0.3) is 5.91 Å². The van der Waals surface area contributed by atoms with Gasteiger partial charge < -0.3 is 70.9 Å². The Morgan fingerprint density at radius 2 is 1.51 bits per heavy atom. The average molecular weight is 1470 g/mol. The molecule has 2 aliphatic carbocycles. The van der Waals surface area contributed by atoms with E-state index in [9.17, 15) is 54.3 Å². The van der Waals surface area contributed by atoms with E-state index in [1.54, 1.807) is 23.7 Å². The van der Waals surface area contributed by atoms with Crippen LogP contribution in [0.1, 0.15) is 98.2 Å². The molecule has 29 heteroatoms. The van der Waals surface area contributed by atoms with Crippen LogP contribution >= 0.6 is 33.3 Å². The van der Waals surface area contributed by atoms with Crippen molar-refractivity contribution in [2.75, 3.05) is 102 Å². The monoisotopic (exact) mass is 1470 g/mol. The quantitative estimate of drug-likeness (QED) is 0.0113. The number of fused-ring (bicyclic) bond motifs is 9. The zero-order chi connectivity index (χ0) is 73.3. The van der Waals surface area contributed by atoms with Crippen molar-refractivity contribution in [3.05, 3.63) is 131 Å². The number of rotatable bonds is 27. The number of aliphatic carboxylic acids is 2. The number of carbonyl (C=O) groups excluding carboxylic acids is 6. The molecule has 5 aromatic rings. The molecule has 26 nitrogen and oxygen atoms in total. The van der Waals surface area contributed by atoms with E-state index in [2.05, 4.69) is 71.2 Å². The Balaban J connectivity index is 0.711. The van der Waals surface area contributed by atoms with Crippen molar-refractivity contribution >= 4 is 97.6 Å². The van der Waals surface area contributed by atoms with E-state index in [4.69, 9.17) is 14.2 Å². The number of thioether (sulfide) groups is 1. The number of benzene rings is 4. The molecule has 5 amide bonds. The molecular formula is C74H92N10O16S3. The number of aliphatic hydroxyl groups is 3. The number of carboxylic acids is 2. The number of nitrogens with one attached hydrogen (secondary N) is 7. The van der Waals surface area contributed by atoms with E-state index in [0.29, 0.717) is 92.6 Å². The van der Waals surface area contributed by atoms with E-state index >= 15 is 9.59 Å². The van der Waals surface area contributed by atoms with Crippen LogP contribution in [0.15, 0.2) is 97.1 Å². The smallest absolute Gasteiger partial charge is 0.426 e. The number of aromatic amines is 1. The fourth-order valence-corrected chi connectivity index (χ4v) is 21.2. The van der Waals surface area contributed by atoms with Gasteiger partial charge in [-0.2, -0.15) is 11.8 Å². The third kappa shape index (κ3) is 13.6. The molecular weight excluding hydrogens is 1380 g/mol. The first-order valence-corrected chi connectivity index (χ1v) is 38.8. The second-order valence-electron chi connectivity index (χ2n) is 28.2. The summed E-state index contributed by atoms with van der Waals surface area (Å²) in [5.74, 6) is -5.34. The first-order chi connectivity index (χ1) is 49.5. The van der Waals surface area contributed by atoms with Gasteiger partial charge in [0.05, 0.1) is 38.3 Å². The molecule has 2 saturated heterocycles. The lowest BCUT2D eigenvalue weighted by Gasteiger charge is -2.63. The number of piperidine rings is 1. The lowest BCUT2D eigenvalue weighted by molar-refractivity contribution is -0.204. The summed E-state index contributed by atoms with van der Waals surface area (Å²) in [6, 6.07) is 22.3. The zero-order valence-corrected chi connectivity index (χ0v) is 61.0. The maximum atomic E-state index is 15.6. The Hall–Kier alpha value is -7.87. The van der Waals surface area contributed by atoms with Crippen molar-refractivity contribution in [3.63, 3.8) is 0 Å². The molecule has 5 aliphatic heterocycles. The molecule has 103 heavy (non-hydrogen) atoms. The Morgan fingerprint density at radius 3 is 2.20 bits per heavy atom. The zero-order valence-electron chi connectivity index (χ0n) is 58.6. The molecule has 1 unspecified atom stereocenters. The van der Waals surface area contributed by atoms with Gasteiger partial charge in [-0.1, -0.05) is 114 Å². The number of carbonyl (C=O) groups is 8. The maximum Gasteiger partial charge on any atom is 0.426 e. The molecule has 552 valence electrons. The Morgan fingerprint density at radius 1 is 0.806 bits per heavy atom. The number of methoxy groups -OCH3 is 2. The normalized spacial score (nSPS) is 27.3. The number of ether oxygens (including phenoxy) is 3. The van der Waals surface area contributed by atoms with Gasteiger partial charge in [-0.15, -0.1) is 0 Å². The van der Waals surface area contributed by atoms with Crippen LogP contribution in [0.4, 0.5) is 10.5 Å². The minimum atomic E-state index is -2.66. The number of carboxylic acid groups (broad SMARTS) is 2. The van der Waals surface area contributed by atoms with Crippen LogP contribution in [0.2, 0.25) is 0 Å². The summed E-state index contributed by atoms with van der Waals surface area (Å²) in [6.07, 6.45) is 2.83. The number of aromatic nitrogens is 1. The number of anilines is 1. The highest BCUT2D eigenvalue weighted by Gasteiger charge is 2.79. The average Bonchev–Trinajstić information content (AvgIpc) is 1.50. The van der Waals surface area contributed by atoms with Crippen LogP contribution in [0, 0.1) is 11.3 Å². The fraction of sp³-hybridized carbons (Fsp3) is 0.514. The lowest BCUT2D eigenvalue weighted by atomic mass is 9.47. The number of amides is 5. The van der Waals surface area contributed by atoms with Crippen LogP contribution in [0.5, 0.6) is 5.75 Å². The molecule has 1 aromatic heterocycles. The second-order valence-corrected chi connectivity index (χ2v) is 32.0. The summed E-state index contributed by atoms with van der Waals surface area (Å²) in [7, 11) is 8.15. The van der Waals surface area contributed by atoms with Crippen molar-refractivity contribution in [1.29, 1.82) is 0 Å². The molecule has 3 fully saturated rings. The third-order valence-electron chi connectivity index (χ3n) is 22.7. The molecule has 2 bridgehead atoms. The van der Waals surface area contributed by atoms with Gasteiger partial charge in [0, 0.05) is 126 Å². The van der Waals surface area contributed by atoms with E-state index in [-0.39, 0.29) is 49.2 Å².